The molecule has 3 fully saturated rings. The minimum Gasteiger partial charge on any atom is -0.274 e. The van der Waals surface area contributed by atoms with Gasteiger partial charge in [0.2, 0.25) is 23.6 Å². The van der Waals surface area contributed by atoms with Gasteiger partial charge in [-0.2, -0.15) is 26.3 Å². The number of carbonyl (C=O) groups is 4. The van der Waals surface area contributed by atoms with Crippen LogP contribution < -0.4 is 9.80 Å². The fourth-order valence-electron chi connectivity index (χ4n) is 9.57. The Hall–Kier alpha value is -5.52. The van der Waals surface area contributed by atoms with E-state index in [0.717, 1.165) is 46.2 Å². The van der Waals surface area contributed by atoms with Crippen molar-refractivity contribution in [1.29, 1.82) is 0 Å². The fraction of sp³-hybridized carbons (Fsp3) is 0.250. The van der Waals surface area contributed by atoms with Crippen molar-refractivity contribution in [3.63, 3.8) is 0 Å². The molecule has 1 saturated carbocycles. The second-order valence-corrected chi connectivity index (χ2v) is 14.1. The highest BCUT2D eigenvalue weighted by Crippen LogP contribution is 2.76. The topological polar surface area (TPSA) is 74.8 Å². The lowest BCUT2D eigenvalue weighted by molar-refractivity contribution is -0.151. The van der Waals surface area contributed by atoms with E-state index in [4.69, 9.17) is 0 Å². The number of benzene rings is 4. The Balaban J connectivity index is 1.41. The average molecular weight is 715 g/mol. The number of imide groups is 2. The van der Waals surface area contributed by atoms with E-state index in [0.29, 0.717) is 22.3 Å². The average Bonchev–Trinajstić information content (AvgIpc) is 3.56. The van der Waals surface area contributed by atoms with Gasteiger partial charge >= 0.3 is 12.4 Å². The summed E-state index contributed by atoms with van der Waals surface area (Å²) in [5, 5.41) is 0. The molecule has 2 heterocycles. The van der Waals surface area contributed by atoms with Crippen molar-refractivity contribution in [3.05, 3.63) is 131 Å². The van der Waals surface area contributed by atoms with Crippen LogP contribution in [0.1, 0.15) is 36.1 Å². The number of halogens is 6. The molecule has 4 aromatic carbocycles. The van der Waals surface area contributed by atoms with Crippen molar-refractivity contribution in [2.24, 2.45) is 34.5 Å². The Morgan fingerprint density at radius 1 is 0.462 bits per heavy atom. The van der Waals surface area contributed by atoms with Crippen molar-refractivity contribution < 1.29 is 45.5 Å². The molecule has 9 rings (SSSR count). The zero-order valence-electron chi connectivity index (χ0n) is 27.5. The molecule has 3 aliphatic carbocycles. The largest absolute Gasteiger partial charge is 0.416 e. The first kappa shape index (κ1) is 33.6. The van der Waals surface area contributed by atoms with Crippen molar-refractivity contribution in [2.75, 3.05) is 9.80 Å². The molecule has 264 valence electrons. The maximum Gasteiger partial charge on any atom is 0.416 e. The van der Waals surface area contributed by atoms with Crippen LogP contribution in [-0.2, 0) is 31.5 Å². The summed E-state index contributed by atoms with van der Waals surface area (Å²) in [7, 11) is 0. The molecule has 4 amide bonds. The van der Waals surface area contributed by atoms with E-state index in [9.17, 15) is 45.5 Å². The lowest BCUT2D eigenvalue weighted by Crippen LogP contribution is -2.64. The number of rotatable bonds is 4. The van der Waals surface area contributed by atoms with Gasteiger partial charge in [-0.15, -0.1) is 0 Å². The summed E-state index contributed by atoms with van der Waals surface area (Å²) >= 11 is 0. The van der Waals surface area contributed by atoms with Gasteiger partial charge in [-0.25, -0.2) is 9.80 Å². The molecule has 0 N–H and O–H groups in total. The minimum atomic E-state index is -4.78. The molecule has 4 unspecified atom stereocenters. The first-order chi connectivity index (χ1) is 24.5. The van der Waals surface area contributed by atoms with E-state index in [1.54, 1.807) is 74.5 Å². The molecule has 0 radical (unpaired) electrons. The lowest BCUT2D eigenvalue weighted by Gasteiger charge is -2.62. The quantitative estimate of drug-likeness (QED) is 0.158. The van der Waals surface area contributed by atoms with Crippen LogP contribution in [0.2, 0.25) is 0 Å². The monoisotopic (exact) mass is 714 g/mol. The predicted octanol–water partition coefficient (Wildman–Crippen LogP) is 8.29. The Morgan fingerprint density at radius 3 is 1.06 bits per heavy atom. The molecule has 0 spiro atoms. The number of nitrogens with zero attached hydrogens (tertiary/aromatic N) is 2. The molecule has 5 aliphatic rings. The molecule has 52 heavy (non-hydrogen) atoms. The summed E-state index contributed by atoms with van der Waals surface area (Å²) < 4.78 is 83.1. The number of hydrogen-bond acceptors (Lipinski definition) is 4. The van der Waals surface area contributed by atoms with Crippen molar-refractivity contribution in [1.82, 2.24) is 0 Å². The molecule has 2 saturated heterocycles. The van der Waals surface area contributed by atoms with Crippen molar-refractivity contribution in [2.45, 2.75) is 26.2 Å². The van der Waals surface area contributed by atoms with Crippen molar-refractivity contribution >= 4 is 46.1 Å². The van der Waals surface area contributed by atoms with Gasteiger partial charge in [-0.05, 0) is 58.7 Å². The van der Waals surface area contributed by atoms with Gasteiger partial charge in [0.25, 0.3) is 0 Å². The third-order valence-electron chi connectivity index (χ3n) is 11.5. The van der Waals surface area contributed by atoms with Crippen LogP contribution in [0.15, 0.2) is 109 Å². The number of hydrogen-bond donors (Lipinski definition) is 0. The van der Waals surface area contributed by atoms with Gasteiger partial charge in [0.1, 0.15) is 0 Å². The highest BCUT2D eigenvalue weighted by Gasteiger charge is 2.80. The van der Waals surface area contributed by atoms with Crippen LogP contribution in [0.4, 0.5) is 37.7 Å². The number of allylic oxidation sites excluding steroid dienone is 2. The van der Waals surface area contributed by atoms with E-state index in [1.807, 2.05) is 0 Å². The van der Waals surface area contributed by atoms with E-state index in [2.05, 4.69) is 0 Å². The molecule has 2 bridgehead atoms. The summed E-state index contributed by atoms with van der Waals surface area (Å²) in [5.74, 6) is -8.66. The van der Waals surface area contributed by atoms with Crippen LogP contribution in [0.3, 0.4) is 0 Å². The van der Waals surface area contributed by atoms with Crippen molar-refractivity contribution in [3.8, 4) is 0 Å². The molecule has 6 nitrogen and oxygen atoms in total. The van der Waals surface area contributed by atoms with Gasteiger partial charge in [-0.3, -0.25) is 19.2 Å². The smallest absolute Gasteiger partial charge is 0.274 e. The predicted molar refractivity (Wildman–Crippen MR) is 178 cm³/mol. The third-order valence-corrected chi connectivity index (χ3v) is 11.5. The third kappa shape index (κ3) is 4.39. The lowest BCUT2D eigenvalue weighted by atomic mass is 9.36. The summed E-state index contributed by atoms with van der Waals surface area (Å²) in [6, 6.07) is 25.3. The second kappa shape index (κ2) is 11.0. The Kier molecular flexibility index (Phi) is 7.11. The SMILES string of the molecule is CC12C(c3ccccc3)=C(c3ccccc3)C(C)(C3C(=O)N(c4cccc(C(F)(F)F)c4)C(=O)C31)C1C(=O)N(c3cccc(C(F)(F)F)c3)C(=O)C12. The van der Waals surface area contributed by atoms with Crippen LogP contribution in [0, 0.1) is 34.5 Å². The minimum absolute atomic E-state index is 0.304. The molecular formula is C40H28F6N2O4. The van der Waals surface area contributed by atoms with Crippen LogP contribution in [0.25, 0.3) is 11.1 Å². The Morgan fingerprint density at radius 2 is 0.769 bits per heavy atom. The second-order valence-electron chi connectivity index (χ2n) is 14.1. The van der Waals surface area contributed by atoms with Gasteiger partial charge in [0.05, 0.1) is 46.2 Å². The Bertz CT molecular complexity index is 2030. The van der Waals surface area contributed by atoms with Gasteiger partial charge < -0.3 is 0 Å². The first-order valence-corrected chi connectivity index (χ1v) is 16.5. The van der Waals surface area contributed by atoms with E-state index in [-0.39, 0.29) is 11.4 Å². The zero-order chi connectivity index (χ0) is 37.1. The Labute approximate surface area is 293 Å². The number of alkyl halides is 6. The summed E-state index contributed by atoms with van der Waals surface area (Å²) in [6.45, 7) is 3.24. The molecule has 4 atom stereocenters. The van der Waals surface area contributed by atoms with Gasteiger partial charge in [0, 0.05) is 10.8 Å². The molecular weight excluding hydrogens is 686 g/mol. The molecule has 0 aromatic heterocycles. The van der Waals surface area contributed by atoms with Crippen LogP contribution in [-0.4, -0.2) is 23.6 Å². The fourth-order valence-corrected chi connectivity index (χ4v) is 9.57. The van der Waals surface area contributed by atoms with Crippen LogP contribution >= 0.6 is 0 Å². The summed E-state index contributed by atoms with van der Waals surface area (Å²) in [5.41, 5.74) is -3.88. The normalized spacial score (nSPS) is 28.5. The molecule has 12 heteroatoms. The maximum absolute atomic E-state index is 14.8. The summed E-state index contributed by atoms with van der Waals surface area (Å²) in [4.78, 5) is 60.7. The number of amides is 4. The standard InChI is InChI=1S/C40H28F6N2O4/c1-37-27(21-11-5-3-6-12-21)28(22-13-7-4-8-14-22)38(2,31-29(37)33(49)47(35(31)51)25-17-9-15-23(19-25)39(41,42)43)32-30(37)34(50)48(36(32)52)26-18-10-16-24(20-26)40(44,45)46/h3-20,29-32H,1-2H3. The molecule has 2 aliphatic heterocycles. The number of anilines is 2. The highest BCUT2D eigenvalue weighted by molar-refractivity contribution is 6.30. The van der Waals surface area contributed by atoms with Gasteiger partial charge in [-0.1, -0.05) is 86.6 Å². The van der Waals surface area contributed by atoms with Gasteiger partial charge in [0.15, 0.2) is 0 Å². The maximum atomic E-state index is 14.8. The molecule has 4 aromatic rings. The van der Waals surface area contributed by atoms with Crippen LogP contribution in [0.5, 0.6) is 0 Å². The first-order valence-electron chi connectivity index (χ1n) is 16.5. The van der Waals surface area contributed by atoms with E-state index >= 15 is 0 Å². The summed E-state index contributed by atoms with van der Waals surface area (Å²) in [6.07, 6.45) is -9.56. The highest BCUT2D eigenvalue weighted by atomic mass is 19.4. The van der Waals surface area contributed by atoms with E-state index in [1.165, 1.54) is 12.1 Å². The van der Waals surface area contributed by atoms with E-state index < -0.39 is 81.6 Å². The number of carbonyl (C=O) groups excluding carboxylic acids is 4. The zero-order valence-corrected chi connectivity index (χ0v) is 27.5.